The van der Waals surface area contributed by atoms with Gasteiger partial charge in [0, 0.05) is 24.2 Å². The van der Waals surface area contributed by atoms with Gasteiger partial charge < -0.3 is 25.8 Å². The maximum absolute atomic E-state index is 13.7. The Bertz CT molecular complexity index is 1140. The Morgan fingerprint density at radius 2 is 1.80 bits per heavy atom. The maximum atomic E-state index is 13.7. The highest BCUT2D eigenvalue weighted by molar-refractivity contribution is 6.31. The Hall–Kier alpha value is -2.95. The molecule has 0 aromatic heterocycles. The number of carbonyl (C=O) groups excluding carboxylic acids is 5. The van der Waals surface area contributed by atoms with Crippen molar-refractivity contribution in [3.05, 3.63) is 29.3 Å². The molecule has 1 aromatic carbocycles. The van der Waals surface area contributed by atoms with E-state index in [1.165, 1.54) is 6.07 Å². The molecule has 0 bridgehead atoms. The van der Waals surface area contributed by atoms with Gasteiger partial charge in [0.1, 0.15) is 5.75 Å². The Morgan fingerprint density at radius 1 is 1.11 bits per heavy atom. The van der Waals surface area contributed by atoms with Crippen molar-refractivity contribution in [3.63, 3.8) is 0 Å². The summed E-state index contributed by atoms with van der Waals surface area (Å²) in [6.07, 6.45) is 1.48. The smallest absolute Gasteiger partial charge is 0.235 e. The fourth-order valence-corrected chi connectivity index (χ4v) is 6.63. The van der Waals surface area contributed by atoms with E-state index in [1.807, 2.05) is 0 Å². The molecular formula is C25H27NO9. The number of primary amides is 1. The summed E-state index contributed by atoms with van der Waals surface area (Å²) in [5.41, 5.74) is 2.54. The van der Waals surface area contributed by atoms with Crippen LogP contribution in [0.2, 0.25) is 0 Å². The van der Waals surface area contributed by atoms with Crippen LogP contribution in [-0.2, 0) is 23.9 Å². The molecular weight excluding hydrogens is 458 g/mol. The standard InChI is InChI=1S/C25H27NO9/c26-24(33)18-15(28)8-13-20(29)17-12(9-35-10-4-1-2-5-10)11-6-3-7-14(27)16(11)21(30)19(17)23(32)25(13,34)22(18)31/h3,6-7,10,12-13,17-20,27,29,34H,1-2,4-5,8-9H2,(H2,26,33)/t12?,13-,17-,18?,19?,20-,25-/m1/s1. The first kappa shape index (κ1) is 23.8. The molecule has 3 saturated carbocycles. The molecule has 186 valence electrons. The number of phenols is 1. The van der Waals surface area contributed by atoms with Gasteiger partial charge >= 0.3 is 0 Å². The molecule has 1 amide bonds. The highest BCUT2D eigenvalue weighted by Gasteiger charge is 2.70. The minimum atomic E-state index is -2.93. The largest absolute Gasteiger partial charge is 0.507 e. The molecule has 1 aromatic rings. The van der Waals surface area contributed by atoms with Crippen LogP contribution in [0.3, 0.4) is 0 Å². The van der Waals surface area contributed by atoms with Gasteiger partial charge in [0.15, 0.2) is 34.7 Å². The fourth-order valence-electron chi connectivity index (χ4n) is 6.63. The number of aliphatic hydroxyl groups is 2. The quantitative estimate of drug-likeness (QED) is 0.420. The molecule has 0 spiro atoms. The lowest BCUT2D eigenvalue weighted by Gasteiger charge is -2.53. The summed E-state index contributed by atoms with van der Waals surface area (Å²) in [6, 6.07) is 4.45. The number of rotatable bonds is 4. The average molecular weight is 485 g/mol. The van der Waals surface area contributed by atoms with Gasteiger partial charge in [-0.2, -0.15) is 0 Å². The topological polar surface area (TPSA) is 181 Å². The molecule has 4 aliphatic rings. The van der Waals surface area contributed by atoms with Gasteiger partial charge in [0.2, 0.25) is 5.91 Å². The lowest BCUT2D eigenvalue weighted by atomic mass is 9.50. The third kappa shape index (κ3) is 3.30. The second-order valence-electron chi connectivity index (χ2n) is 10.1. The second kappa shape index (κ2) is 8.32. The molecule has 5 rings (SSSR count). The summed E-state index contributed by atoms with van der Waals surface area (Å²) in [6.45, 7) is 0.0386. The Morgan fingerprint density at radius 3 is 2.46 bits per heavy atom. The second-order valence-corrected chi connectivity index (χ2v) is 10.1. The summed E-state index contributed by atoms with van der Waals surface area (Å²) in [5, 5.41) is 33.2. The van der Waals surface area contributed by atoms with E-state index in [2.05, 4.69) is 0 Å². The SMILES string of the molecule is NC(=O)C1C(=O)C[C@@H]2[C@@H](O)[C@H]3C(C(=O)c4c(O)cccc4C3COC3CCCC3)C(=O)[C@]2(O)C1=O. The number of ketones is 4. The molecule has 5 N–H and O–H groups in total. The van der Waals surface area contributed by atoms with E-state index in [-0.39, 0.29) is 24.0 Å². The monoisotopic (exact) mass is 485 g/mol. The highest BCUT2D eigenvalue weighted by atomic mass is 16.5. The summed E-state index contributed by atoms with van der Waals surface area (Å²) >= 11 is 0. The number of aliphatic hydroxyl groups excluding tert-OH is 1. The Kier molecular flexibility index (Phi) is 5.65. The Labute approximate surface area is 200 Å². The van der Waals surface area contributed by atoms with Gasteiger partial charge in [0.25, 0.3) is 0 Å². The number of amides is 1. The number of benzene rings is 1. The molecule has 3 fully saturated rings. The molecule has 3 unspecified atom stereocenters. The van der Waals surface area contributed by atoms with Crippen molar-refractivity contribution in [1.82, 2.24) is 0 Å². The summed E-state index contributed by atoms with van der Waals surface area (Å²) in [7, 11) is 0. The number of fused-ring (bicyclic) bond motifs is 3. The maximum Gasteiger partial charge on any atom is 0.235 e. The first-order valence-electron chi connectivity index (χ1n) is 11.9. The van der Waals surface area contributed by atoms with E-state index in [1.54, 1.807) is 12.1 Å². The normalized spacial score (nSPS) is 37.1. The van der Waals surface area contributed by atoms with Crippen LogP contribution in [-0.4, -0.2) is 68.8 Å². The number of aromatic hydroxyl groups is 1. The molecule has 10 heteroatoms. The van der Waals surface area contributed by atoms with Crippen LogP contribution >= 0.6 is 0 Å². The number of hydrogen-bond acceptors (Lipinski definition) is 9. The van der Waals surface area contributed by atoms with Gasteiger partial charge in [-0.15, -0.1) is 0 Å². The van der Waals surface area contributed by atoms with Crippen molar-refractivity contribution >= 4 is 29.0 Å². The first-order valence-corrected chi connectivity index (χ1v) is 11.9. The zero-order valence-electron chi connectivity index (χ0n) is 18.9. The third-order valence-electron chi connectivity index (χ3n) is 8.33. The predicted molar refractivity (Wildman–Crippen MR) is 117 cm³/mol. The fraction of sp³-hybridized carbons (Fsp3) is 0.560. The van der Waals surface area contributed by atoms with Crippen LogP contribution in [0.4, 0.5) is 0 Å². The number of nitrogens with two attached hydrogens (primary N) is 1. The van der Waals surface area contributed by atoms with E-state index < -0.39 is 76.8 Å². The molecule has 4 aliphatic carbocycles. The van der Waals surface area contributed by atoms with E-state index in [9.17, 15) is 39.3 Å². The van der Waals surface area contributed by atoms with Crippen LogP contribution in [0.1, 0.15) is 53.9 Å². The minimum absolute atomic E-state index is 0.0191. The molecule has 35 heavy (non-hydrogen) atoms. The van der Waals surface area contributed by atoms with Crippen molar-refractivity contribution in [2.45, 2.75) is 55.8 Å². The number of carbonyl (C=O) groups is 5. The van der Waals surface area contributed by atoms with Gasteiger partial charge in [-0.3, -0.25) is 24.0 Å². The predicted octanol–water partition coefficient (Wildman–Crippen LogP) is -0.202. The minimum Gasteiger partial charge on any atom is -0.507 e. The summed E-state index contributed by atoms with van der Waals surface area (Å²) in [5.74, 6) is -13.1. The number of hydrogen-bond donors (Lipinski definition) is 4. The van der Waals surface area contributed by atoms with Crippen molar-refractivity contribution in [2.24, 2.45) is 29.4 Å². The van der Waals surface area contributed by atoms with Crippen LogP contribution in [0.15, 0.2) is 18.2 Å². The lowest BCUT2D eigenvalue weighted by molar-refractivity contribution is -0.190. The van der Waals surface area contributed by atoms with Gasteiger partial charge in [-0.25, -0.2) is 0 Å². The van der Waals surface area contributed by atoms with Crippen LogP contribution in [0, 0.1) is 23.7 Å². The molecule has 7 atom stereocenters. The van der Waals surface area contributed by atoms with E-state index >= 15 is 0 Å². The van der Waals surface area contributed by atoms with Crippen LogP contribution < -0.4 is 5.73 Å². The average Bonchev–Trinajstić information content (AvgIpc) is 3.32. The molecule has 0 saturated heterocycles. The van der Waals surface area contributed by atoms with Gasteiger partial charge in [-0.1, -0.05) is 25.0 Å². The third-order valence-corrected chi connectivity index (χ3v) is 8.33. The number of phenolic OH excluding ortho intramolecular Hbond substituents is 1. The van der Waals surface area contributed by atoms with Gasteiger partial charge in [0.05, 0.1) is 30.3 Å². The van der Waals surface area contributed by atoms with Crippen molar-refractivity contribution < 1.29 is 44.0 Å². The van der Waals surface area contributed by atoms with Crippen molar-refractivity contribution in [3.8, 4) is 5.75 Å². The van der Waals surface area contributed by atoms with Gasteiger partial charge in [-0.05, 0) is 24.5 Å². The molecule has 0 radical (unpaired) electrons. The molecule has 0 heterocycles. The lowest BCUT2D eigenvalue weighted by Crippen LogP contribution is -2.72. The molecule has 0 aliphatic heterocycles. The van der Waals surface area contributed by atoms with Crippen LogP contribution in [0.25, 0.3) is 0 Å². The zero-order chi connectivity index (χ0) is 25.2. The van der Waals surface area contributed by atoms with E-state index in [0.717, 1.165) is 25.7 Å². The van der Waals surface area contributed by atoms with Crippen molar-refractivity contribution in [1.29, 1.82) is 0 Å². The zero-order valence-corrected chi connectivity index (χ0v) is 18.9. The Balaban J connectivity index is 1.61. The number of Topliss-reactive ketones (excluding diaryl/α,β-unsaturated/α-hetero) is 4. The van der Waals surface area contributed by atoms with Crippen molar-refractivity contribution in [2.75, 3.05) is 6.61 Å². The van der Waals surface area contributed by atoms with E-state index in [4.69, 9.17) is 10.5 Å². The first-order chi connectivity index (χ1) is 16.6. The molecule has 10 nitrogen and oxygen atoms in total. The summed E-state index contributed by atoms with van der Waals surface area (Å²) < 4.78 is 6.09. The van der Waals surface area contributed by atoms with E-state index in [0.29, 0.717) is 5.56 Å². The highest BCUT2D eigenvalue weighted by Crippen LogP contribution is 2.54. The van der Waals surface area contributed by atoms with Crippen LogP contribution in [0.5, 0.6) is 5.75 Å². The number of ether oxygens (including phenoxy) is 1. The summed E-state index contributed by atoms with van der Waals surface area (Å²) in [4.78, 5) is 64.6.